The molecule has 0 saturated carbocycles. The molecular formula is C21H27N3O4. The zero-order valence-corrected chi connectivity index (χ0v) is 16.2. The highest BCUT2D eigenvalue weighted by Crippen LogP contribution is 2.12. The molecule has 2 aromatic rings. The average molecular weight is 385 g/mol. The molecule has 0 radical (unpaired) electrons. The predicted molar refractivity (Wildman–Crippen MR) is 105 cm³/mol. The number of benzene rings is 1. The molecule has 1 aromatic heterocycles. The minimum absolute atomic E-state index is 0.118. The van der Waals surface area contributed by atoms with Gasteiger partial charge in [-0.05, 0) is 36.6 Å². The Balaban J connectivity index is 1.89. The molecule has 7 nitrogen and oxygen atoms in total. The number of aromatic nitrogens is 1. The van der Waals surface area contributed by atoms with Gasteiger partial charge in [-0.2, -0.15) is 0 Å². The van der Waals surface area contributed by atoms with Gasteiger partial charge in [-0.3, -0.25) is 9.78 Å². The van der Waals surface area contributed by atoms with Gasteiger partial charge in [0.1, 0.15) is 6.61 Å². The smallest absolute Gasteiger partial charge is 0.407 e. The maximum atomic E-state index is 12.4. The number of aliphatic hydroxyl groups excluding tert-OH is 1. The normalized spacial score (nSPS) is 13.8. The molecule has 2 rings (SSSR count). The average Bonchev–Trinajstić information content (AvgIpc) is 2.72. The van der Waals surface area contributed by atoms with E-state index in [1.165, 1.54) is 0 Å². The first kappa shape index (κ1) is 21.4. The number of nitrogens with zero attached hydrogens (tertiary/aromatic N) is 1. The fourth-order valence-electron chi connectivity index (χ4n) is 2.75. The van der Waals surface area contributed by atoms with Gasteiger partial charge < -0.3 is 20.5 Å². The number of carbonyl (C=O) groups is 2. The predicted octanol–water partition coefficient (Wildman–Crippen LogP) is 2.71. The van der Waals surface area contributed by atoms with Crippen LogP contribution < -0.4 is 10.6 Å². The van der Waals surface area contributed by atoms with Crippen molar-refractivity contribution in [2.75, 3.05) is 0 Å². The molecule has 0 bridgehead atoms. The van der Waals surface area contributed by atoms with E-state index < -0.39 is 24.1 Å². The number of hydrogen-bond donors (Lipinski definition) is 3. The summed E-state index contributed by atoms with van der Waals surface area (Å²) in [6.07, 6.45) is 2.36. The van der Waals surface area contributed by atoms with Gasteiger partial charge in [-0.15, -0.1) is 0 Å². The summed E-state index contributed by atoms with van der Waals surface area (Å²) in [6.45, 7) is 3.84. The number of pyridine rings is 1. The van der Waals surface area contributed by atoms with Gasteiger partial charge in [0.2, 0.25) is 0 Å². The molecule has 3 N–H and O–H groups in total. The van der Waals surface area contributed by atoms with Crippen molar-refractivity contribution in [3.8, 4) is 0 Å². The van der Waals surface area contributed by atoms with Gasteiger partial charge in [0.05, 0.1) is 12.1 Å². The van der Waals surface area contributed by atoms with Crippen molar-refractivity contribution in [2.45, 2.75) is 51.5 Å². The van der Waals surface area contributed by atoms with Crippen LogP contribution >= 0.6 is 0 Å². The van der Waals surface area contributed by atoms with Crippen LogP contribution in [0.25, 0.3) is 0 Å². The molecule has 2 unspecified atom stereocenters. The van der Waals surface area contributed by atoms with E-state index in [1.807, 2.05) is 44.2 Å². The fourth-order valence-corrected chi connectivity index (χ4v) is 2.75. The first-order valence-electron chi connectivity index (χ1n) is 9.36. The van der Waals surface area contributed by atoms with E-state index >= 15 is 0 Å². The Hall–Kier alpha value is -2.93. The topological polar surface area (TPSA) is 101 Å². The van der Waals surface area contributed by atoms with E-state index in [2.05, 4.69) is 15.6 Å². The zero-order chi connectivity index (χ0) is 20.4. The highest BCUT2D eigenvalue weighted by molar-refractivity contribution is 5.82. The summed E-state index contributed by atoms with van der Waals surface area (Å²) in [5.41, 5.74) is 1.73. The lowest BCUT2D eigenvalue weighted by Gasteiger charge is -2.24. The summed E-state index contributed by atoms with van der Waals surface area (Å²) in [4.78, 5) is 28.5. The number of ether oxygens (including phenoxy) is 1. The zero-order valence-electron chi connectivity index (χ0n) is 16.2. The number of rotatable bonds is 9. The second-order valence-corrected chi connectivity index (χ2v) is 6.56. The van der Waals surface area contributed by atoms with Crippen LogP contribution in [-0.4, -0.2) is 34.2 Å². The lowest BCUT2D eigenvalue weighted by molar-refractivity contribution is -0.131. The van der Waals surface area contributed by atoms with Crippen molar-refractivity contribution < 1.29 is 19.4 Å². The molecule has 0 fully saturated rings. The van der Waals surface area contributed by atoms with E-state index in [4.69, 9.17) is 4.74 Å². The van der Waals surface area contributed by atoms with Crippen molar-refractivity contribution in [1.29, 1.82) is 0 Å². The Bertz CT molecular complexity index is 740. The summed E-state index contributed by atoms with van der Waals surface area (Å²) in [6, 6.07) is 11.8. The second kappa shape index (κ2) is 11.0. The van der Waals surface area contributed by atoms with Crippen LogP contribution in [0.4, 0.5) is 4.79 Å². The lowest BCUT2D eigenvalue weighted by atomic mass is 10.0. The summed E-state index contributed by atoms with van der Waals surface area (Å²) in [7, 11) is 0. The van der Waals surface area contributed by atoms with Crippen LogP contribution in [0, 0.1) is 0 Å². The third-order valence-corrected chi connectivity index (χ3v) is 4.33. The molecular weight excluding hydrogens is 358 g/mol. The van der Waals surface area contributed by atoms with Crippen LogP contribution in [0.15, 0.2) is 54.9 Å². The van der Waals surface area contributed by atoms with Gasteiger partial charge in [0, 0.05) is 12.4 Å². The Kier molecular flexibility index (Phi) is 8.42. The maximum absolute atomic E-state index is 12.4. The molecule has 150 valence electrons. The summed E-state index contributed by atoms with van der Waals surface area (Å²) in [5.74, 6) is -0.550. The number of aliphatic hydroxyl groups is 1. The van der Waals surface area contributed by atoms with Crippen LogP contribution in [0.3, 0.4) is 0 Å². The molecule has 0 spiro atoms. The van der Waals surface area contributed by atoms with E-state index in [0.29, 0.717) is 12.8 Å². The number of carbonyl (C=O) groups excluding carboxylic acids is 2. The molecule has 0 aliphatic rings. The van der Waals surface area contributed by atoms with Gasteiger partial charge in [0.25, 0.3) is 5.91 Å². The van der Waals surface area contributed by atoms with Crippen LogP contribution in [-0.2, 0) is 16.1 Å². The molecule has 0 saturated heterocycles. The lowest BCUT2D eigenvalue weighted by Crippen LogP contribution is -2.51. The third kappa shape index (κ3) is 6.66. The standard InChI is InChI=1S/C21H27N3O4/c1-3-7-18(24-21(27)28-14-16-8-5-4-6-9-16)19(25)20(26)23-15(2)17-10-12-22-13-11-17/h4-6,8-13,15,18-19,25H,3,7,14H2,1-2H3,(H,23,26)(H,24,27)/t15-,18?,19?/m0/s1. The number of hydrogen-bond acceptors (Lipinski definition) is 5. The fraction of sp³-hybridized carbons (Fsp3) is 0.381. The molecule has 1 aromatic carbocycles. The van der Waals surface area contributed by atoms with Gasteiger partial charge in [-0.1, -0.05) is 43.7 Å². The maximum Gasteiger partial charge on any atom is 0.407 e. The Morgan fingerprint density at radius 2 is 1.79 bits per heavy atom. The molecule has 3 atom stereocenters. The summed E-state index contributed by atoms with van der Waals surface area (Å²) < 4.78 is 5.19. The summed E-state index contributed by atoms with van der Waals surface area (Å²) >= 11 is 0. The van der Waals surface area contributed by atoms with Crippen LogP contribution in [0.1, 0.15) is 43.9 Å². The highest BCUT2D eigenvalue weighted by Gasteiger charge is 2.28. The number of amides is 2. The van der Waals surface area contributed by atoms with Crippen LogP contribution in [0.5, 0.6) is 0 Å². The molecule has 0 aliphatic heterocycles. The highest BCUT2D eigenvalue weighted by atomic mass is 16.5. The van der Waals surface area contributed by atoms with E-state index in [1.54, 1.807) is 24.5 Å². The molecule has 0 aliphatic carbocycles. The van der Waals surface area contributed by atoms with Gasteiger partial charge >= 0.3 is 6.09 Å². The first-order valence-corrected chi connectivity index (χ1v) is 9.36. The quantitative estimate of drug-likeness (QED) is 0.616. The van der Waals surface area contributed by atoms with Crippen molar-refractivity contribution in [3.05, 3.63) is 66.0 Å². The molecule has 7 heteroatoms. The van der Waals surface area contributed by atoms with Crippen molar-refractivity contribution in [3.63, 3.8) is 0 Å². The van der Waals surface area contributed by atoms with Crippen LogP contribution in [0.2, 0.25) is 0 Å². The third-order valence-electron chi connectivity index (χ3n) is 4.33. The Morgan fingerprint density at radius 1 is 1.11 bits per heavy atom. The SMILES string of the molecule is CCCC(NC(=O)OCc1ccccc1)C(O)C(=O)N[C@@H](C)c1ccncc1. The summed E-state index contributed by atoms with van der Waals surface area (Å²) in [5, 5.41) is 15.8. The molecule has 2 amide bonds. The number of alkyl carbamates (subject to hydrolysis) is 1. The minimum Gasteiger partial charge on any atom is -0.445 e. The van der Waals surface area contributed by atoms with E-state index in [-0.39, 0.29) is 12.6 Å². The van der Waals surface area contributed by atoms with E-state index in [0.717, 1.165) is 11.1 Å². The first-order chi connectivity index (χ1) is 13.5. The van der Waals surface area contributed by atoms with Crippen molar-refractivity contribution >= 4 is 12.0 Å². The molecule has 28 heavy (non-hydrogen) atoms. The van der Waals surface area contributed by atoms with Crippen molar-refractivity contribution in [1.82, 2.24) is 15.6 Å². The van der Waals surface area contributed by atoms with Gasteiger partial charge in [-0.25, -0.2) is 4.79 Å². The largest absolute Gasteiger partial charge is 0.445 e. The monoisotopic (exact) mass is 385 g/mol. The van der Waals surface area contributed by atoms with E-state index in [9.17, 15) is 14.7 Å². The second-order valence-electron chi connectivity index (χ2n) is 6.56. The Morgan fingerprint density at radius 3 is 2.43 bits per heavy atom. The molecule has 1 heterocycles. The number of nitrogens with one attached hydrogen (secondary N) is 2. The Labute approximate surface area is 165 Å². The van der Waals surface area contributed by atoms with Gasteiger partial charge in [0.15, 0.2) is 6.10 Å². The minimum atomic E-state index is -1.38. The van der Waals surface area contributed by atoms with Crippen molar-refractivity contribution in [2.24, 2.45) is 0 Å².